The molecule has 4 heteroatoms. The van der Waals surface area contributed by atoms with Gasteiger partial charge in [0.25, 0.3) is 0 Å². The van der Waals surface area contributed by atoms with E-state index in [-0.39, 0.29) is 5.41 Å². The van der Waals surface area contributed by atoms with Gasteiger partial charge >= 0.3 is 0 Å². The third kappa shape index (κ3) is 6.19. The normalized spacial score (nSPS) is 11.7. The molecular weight excluding hydrogens is 647 g/mol. The second-order valence-corrected chi connectivity index (χ2v) is 14.5. The molecular formula is C49H37N3O. The first kappa shape index (κ1) is 32.3. The molecule has 2 aromatic heterocycles. The molecule has 2 heterocycles. The number of nitrogens with zero attached hydrogens (tertiary/aromatic N) is 3. The smallest absolute Gasteiger partial charge is 0.164 e. The molecule has 0 aliphatic rings. The zero-order chi connectivity index (χ0) is 35.9. The van der Waals surface area contributed by atoms with Gasteiger partial charge in [-0.3, -0.25) is 0 Å². The van der Waals surface area contributed by atoms with Crippen molar-refractivity contribution in [1.29, 1.82) is 0 Å². The maximum Gasteiger partial charge on any atom is 0.164 e. The van der Waals surface area contributed by atoms with Crippen LogP contribution in [0.15, 0.2) is 174 Å². The van der Waals surface area contributed by atoms with Crippen LogP contribution in [0.2, 0.25) is 0 Å². The zero-order valence-electron chi connectivity index (χ0n) is 29.9. The van der Waals surface area contributed by atoms with Gasteiger partial charge in [0.05, 0.1) is 0 Å². The SMILES string of the molecule is CC(C)(C)c1ccc(-c2ccc(-c3nc(-c4ccc(-c5cccc6c5oc5ccccc56)cc4)nc(-c4ccccc4-c4ccccc4)n3)cc2)cc1. The van der Waals surface area contributed by atoms with E-state index < -0.39 is 0 Å². The molecule has 0 atom stereocenters. The summed E-state index contributed by atoms with van der Waals surface area (Å²) in [7, 11) is 0. The first-order valence-corrected chi connectivity index (χ1v) is 18.0. The fourth-order valence-electron chi connectivity index (χ4n) is 7.05. The molecule has 0 radical (unpaired) electrons. The summed E-state index contributed by atoms with van der Waals surface area (Å²) < 4.78 is 6.35. The predicted molar refractivity (Wildman–Crippen MR) is 218 cm³/mol. The average Bonchev–Trinajstić information content (AvgIpc) is 3.60. The minimum Gasteiger partial charge on any atom is -0.455 e. The minimum absolute atomic E-state index is 0.110. The van der Waals surface area contributed by atoms with Crippen molar-refractivity contribution in [2.24, 2.45) is 0 Å². The standard InChI is InChI=1S/C49H37N3O/c1-49(2,3)38-30-28-33(29-31-38)32-20-24-36(25-21-32)46-50-47(52-48(51-46)43-16-8-7-14-39(43)34-12-5-4-6-13-34)37-26-22-35(23-27-37)40-17-11-18-42-41-15-9-10-19-44(41)53-45(40)42/h4-31H,1-3H3. The van der Waals surface area contributed by atoms with Crippen LogP contribution in [0.4, 0.5) is 0 Å². The maximum absolute atomic E-state index is 6.35. The Morgan fingerprint density at radius 1 is 0.358 bits per heavy atom. The highest BCUT2D eigenvalue weighted by Gasteiger charge is 2.18. The summed E-state index contributed by atoms with van der Waals surface area (Å²) in [5, 5.41) is 2.23. The van der Waals surface area contributed by atoms with E-state index in [1.54, 1.807) is 0 Å². The van der Waals surface area contributed by atoms with E-state index in [1.807, 2.05) is 30.3 Å². The molecule has 4 nitrogen and oxygen atoms in total. The molecule has 0 N–H and O–H groups in total. The van der Waals surface area contributed by atoms with Crippen LogP contribution in [0.1, 0.15) is 26.3 Å². The first-order valence-electron chi connectivity index (χ1n) is 18.0. The number of para-hydroxylation sites is 2. The highest BCUT2D eigenvalue weighted by atomic mass is 16.3. The van der Waals surface area contributed by atoms with Gasteiger partial charge in [-0.2, -0.15) is 0 Å². The van der Waals surface area contributed by atoms with Crippen LogP contribution in [-0.2, 0) is 5.41 Å². The highest BCUT2D eigenvalue weighted by molar-refractivity contribution is 6.09. The van der Waals surface area contributed by atoms with Crippen LogP contribution in [-0.4, -0.2) is 15.0 Å². The van der Waals surface area contributed by atoms with E-state index in [4.69, 9.17) is 19.4 Å². The van der Waals surface area contributed by atoms with Gasteiger partial charge < -0.3 is 4.42 Å². The number of hydrogen-bond donors (Lipinski definition) is 0. The Balaban J connectivity index is 1.13. The van der Waals surface area contributed by atoms with Crippen LogP contribution in [0.5, 0.6) is 0 Å². The second-order valence-electron chi connectivity index (χ2n) is 14.5. The molecule has 7 aromatic carbocycles. The molecule has 0 aliphatic carbocycles. The van der Waals surface area contributed by atoms with Gasteiger partial charge in [0, 0.05) is 33.0 Å². The van der Waals surface area contributed by atoms with Crippen molar-refractivity contribution >= 4 is 21.9 Å². The topological polar surface area (TPSA) is 51.8 Å². The maximum atomic E-state index is 6.35. The third-order valence-corrected chi connectivity index (χ3v) is 9.97. The molecule has 0 amide bonds. The Kier molecular flexibility index (Phi) is 8.01. The summed E-state index contributed by atoms with van der Waals surface area (Å²) in [4.78, 5) is 15.3. The first-order chi connectivity index (χ1) is 25.9. The van der Waals surface area contributed by atoms with Gasteiger partial charge in [-0.1, -0.05) is 185 Å². The number of hydrogen-bond acceptors (Lipinski definition) is 4. The van der Waals surface area contributed by atoms with E-state index >= 15 is 0 Å². The number of fused-ring (bicyclic) bond motifs is 3. The zero-order valence-corrected chi connectivity index (χ0v) is 29.9. The molecule has 9 rings (SSSR count). The Labute approximate surface area is 309 Å². The van der Waals surface area contributed by atoms with Gasteiger partial charge in [-0.25, -0.2) is 15.0 Å². The van der Waals surface area contributed by atoms with Gasteiger partial charge in [-0.15, -0.1) is 0 Å². The summed E-state index contributed by atoms with van der Waals surface area (Å²) in [6, 6.07) is 59.0. The Morgan fingerprint density at radius 3 is 1.49 bits per heavy atom. The Bertz CT molecular complexity index is 2720. The van der Waals surface area contributed by atoms with E-state index in [1.165, 1.54) is 11.1 Å². The van der Waals surface area contributed by atoms with Gasteiger partial charge in [0.1, 0.15) is 11.2 Å². The van der Waals surface area contributed by atoms with E-state index in [0.29, 0.717) is 17.5 Å². The molecule has 0 unspecified atom stereocenters. The van der Waals surface area contributed by atoms with Crippen LogP contribution < -0.4 is 0 Å². The van der Waals surface area contributed by atoms with Crippen molar-refractivity contribution < 1.29 is 4.42 Å². The summed E-state index contributed by atoms with van der Waals surface area (Å²) in [6.07, 6.45) is 0. The molecule has 0 aliphatic heterocycles. The fourth-order valence-corrected chi connectivity index (χ4v) is 7.05. The van der Waals surface area contributed by atoms with E-state index in [9.17, 15) is 0 Å². The lowest BCUT2D eigenvalue weighted by molar-refractivity contribution is 0.590. The highest BCUT2D eigenvalue weighted by Crippen LogP contribution is 2.37. The lowest BCUT2D eigenvalue weighted by Crippen LogP contribution is -2.10. The van der Waals surface area contributed by atoms with Crippen molar-refractivity contribution in [2.75, 3.05) is 0 Å². The summed E-state index contributed by atoms with van der Waals surface area (Å²) in [5.41, 5.74) is 12.6. The van der Waals surface area contributed by atoms with Crippen LogP contribution >= 0.6 is 0 Å². The lowest BCUT2D eigenvalue weighted by Gasteiger charge is -2.19. The van der Waals surface area contributed by atoms with Crippen LogP contribution in [0, 0.1) is 0 Å². The number of rotatable bonds is 6. The molecule has 0 fully saturated rings. The molecule has 0 saturated heterocycles. The number of benzene rings is 7. The molecule has 53 heavy (non-hydrogen) atoms. The summed E-state index contributed by atoms with van der Waals surface area (Å²) >= 11 is 0. The predicted octanol–water partition coefficient (Wildman–Crippen LogP) is 13.1. The largest absolute Gasteiger partial charge is 0.455 e. The molecule has 0 saturated carbocycles. The van der Waals surface area contributed by atoms with Gasteiger partial charge in [0.2, 0.25) is 0 Å². The summed E-state index contributed by atoms with van der Waals surface area (Å²) in [6.45, 7) is 6.72. The van der Waals surface area contributed by atoms with Crippen molar-refractivity contribution in [3.63, 3.8) is 0 Å². The monoisotopic (exact) mass is 683 g/mol. The van der Waals surface area contributed by atoms with Crippen molar-refractivity contribution in [1.82, 2.24) is 15.0 Å². The van der Waals surface area contributed by atoms with E-state index in [2.05, 4.69) is 160 Å². The third-order valence-electron chi connectivity index (χ3n) is 9.97. The number of aromatic nitrogens is 3. The quantitative estimate of drug-likeness (QED) is 0.175. The summed E-state index contributed by atoms with van der Waals surface area (Å²) in [5.74, 6) is 1.87. The van der Waals surface area contributed by atoms with Gasteiger partial charge in [0.15, 0.2) is 17.5 Å². The minimum atomic E-state index is 0.110. The average molecular weight is 684 g/mol. The van der Waals surface area contributed by atoms with Crippen molar-refractivity contribution in [2.45, 2.75) is 26.2 Å². The second kappa shape index (κ2) is 13.2. The van der Waals surface area contributed by atoms with Crippen LogP contribution in [0.3, 0.4) is 0 Å². The lowest BCUT2D eigenvalue weighted by atomic mass is 9.86. The number of furan rings is 1. The molecule has 0 bridgehead atoms. The molecule has 0 spiro atoms. The van der Waals surface area contributed by atoms with Crippen LogP contribution in [0.25, 0.3) is 89.5 Å². The fraction of sp³-hybridized carbons (Fsp3) is 0.0816. The molecule has 254 valence electrons. The molecule has 9 aromatic rings. The van der Waals surface area contributed by atoms with Crippen molar-refractivity contribution in [3.05, 3.63) is 175 Å². The van der Waals surface area contributed by atoms with Gasteiger partial charge in [-0.05, 0) is 44.9 Å². The Hall–Kier alpha value is -6.65. The van der Waals surface area contributed by atoms with Crippen molar-refractivity contribution in [3.8, 4) is 67.5 Å². The van der Waals surface area contributed by atoms with E-state index in [0.717, 1.165) is 66.4 Å². The Morgan fingerprint density at radius 2 is 0.830 bits per heavy atom.